The number of carbonyl (C=O) groups is 1. The monoisotopic (exact) mass is 286 g/mol. The molecule has 2 amide bonds. The van der Waals surface area contributed by atoms with E-state index < -0.39 is 21.9 Å². The van der Waals surface area contributed by atoms with Gasteiger partial charge < -0.3 is 10.6 Å². The van der Waals surface area contributed by atoms with Crippen LogP contribution in [0.25, 0.3) is 0 Å². The second-order valence-corrected chi connectivity index (χ2v) is 6.24. The van der Waals surface area contributed by atoms with Crippen molar-refractivity contribution in [3.63, 3.8) is 0 Å². The van der Waals surface area contributed by atoms with Gasteiger partial charge in [-0.1, -0.05) is 11.6 Å². The summed E-state index contributed by atoms with van der Waals surface area (Å²) in [4.78, 5) is 11.6. The van der Waals surface area contributed by atoms with Crippen molar-refractivity contribution in [2.24, 2.45) is 0 Å². The first-order chi connectivity index (χ1) is 8.44. The maximum Gasteiger partial charge on any atom is 0.319 e. The second-order valence-electron chi connectivity index (χ2n) is 3.87. The molecule has 96 valence electrons. The van der Waals surface area contributed by atoms with Gasteiger partial charge in [-0.15, -0.1) is 0 Å². The standard InChI is InChI=1S/C11H11ClN2O3S/c12-8-1-3-9(4-2-8)13-11(15)14-10-5-6-18(16,17)7-10/h1-6,10H,7H2,(H2,13,14,15)/t10-/m0/s1. The van der Waals surface area contributed by atoms with Gasteiger partial charge in [0.15, 0.2) is 9.84 Å². The molecule has 0 saturated heterocycles. The maximum absolute atomic E-state index is 11.6. The number of halogens is 1. The van der Waals surface area contributed by atoms with Crippen LogP contribution in [0, 0.1) is 0 Å². The van der Waals surface area contributed by atoms with E-state index in [4.69, 9.17) is 11.6 Å². The minimum Gasteiger partial charge on any atom is -0.331 e. The maximum atomic E-state index is 11.6. The molecule has 0 bridgehead atoms. The van der Waals surface area contributed by atoms with E-state index in [-0.39, 0.29) is 5.75 Å². The molecule has 7 heteroatoms. The molecule has 2 rings (SSSR count). The van der Waals surface area contributed by atoms with Gasteiger partial charge in [-0.2, -0.15) is 0 Å². The van der Waals surface area contributed by atoms with E-state index in [1.54, 1.807) is 24.3 Å². The first-order valence-corrected chi connectivity index (χ1v) is 7.28. The number of rotatable bonds is 2. The third kappa shape index (κ3) is 3.48. The predicted molar refractivity (Wildman–Crippen MR) is 70.3 cm³/mol. The number of anilines is 1. The van der Waals surface area contributed by atoms with Gasteiger partial charge >= 0.3 is 6.03 Å². The zero-order valence-corrected chi connectivity index (χ0v) is 10.8. The fraction of sp³-hybridized carbons (Fsp3) is 0.182. The van der Waals surface area contributed by atoms with E-state index in [9.17, 15) is 13.2 Å². The number of hydrogen-bond donors (Lipinski definition) is 2. The molecule has 1 atom stereocenters. The van der Waals surface area contributed by atoms with Crippen LogP contribution in [0.1, 0.15) is 0 Å². The predicted octanol–water partition coefficient (Wildman–Crippen LogP) is 1.77. The molecular weight excluding hydrogens is 276 g/mol. The highest BCUT2D eigenvalue weighted by molar-refractivity contribution is 7.94. The first kappa shape index (κ1) is 12.9. The summed E-state index contributed by atoms with van der Waals surface area (Å²) >= 11 is 5.71. The highest BCUT2D eigenvalue weighted by atomic mass is 35.5. The quantitative estimate of drug-likeness (QED) is 0.870. The van der Waals surface area contributed by atoms with Gasteiger partial charge in [0.05, 0.1) is 11.8 Å². The first-order valence-electron chi connectivity index (χ1n) is 5.19. The molecule has 0 aromatic heterocycles. The molecule has 0 aliphatic carbocycles. The van der Waals surface area contributed by atoms with Crippen LogP contribution >= 0.6 is 11.6 Å². The molecule has 1 heterocycles. The summed E-state index contributed by atoms with van der Waals surface area (Å²) < 4.78 is 22.3. The van der Waals surface area contributed by atoms with Crippen LogP contribution in [0.4, 0.5) is 10.5 Å². The Hall–Kier alpha value is -1.53. The molecule has 0 saturated carbocycles. The van der Waals surface area contributed by atoms with E-state index in [1.165, 1.54) is 6.08 Å². The summed E-state index contributed by atoms with van der Waals surface area (Å²) in [5.41, 5.74) is 0.585. The Kier molecular flexibility index (Phi) is 3.58. The minimum absolute atomic E-state index is 0.0962. The fourth-order valence-electron chi connectivity index (χ4n) is 1.53. The van der Waals surface area contributed by atoms with Crippen LogP contribution in [0.3, 0.4) is 0 Å². The van der Waals surface area contributed by atoms with Crippen LogP contribution in [0.15, 0.2) is 35.7 Å². The van der Waals surface area contributed by atoms with Gasteiger partial charge in [0.1, 0.15) is 0 Å². The van der Waals surface area contributed by atoms with Crippen LogP contribution in [-0.2, 0) is 9.84 Å². The van der Waals surface area contributed by atoms with Crippen molar-refractivity contribution in [2.45, 2.75) is 6.04 Å². The molecule has 1 aliphatic heterocycles. The lowest BCUT2D eigenvalue weighted by molar-refractivity contribution is 0.251. The SMILES string of the molecule is O=C(Nc1ccc(Cl)cc1)N[C@H]1C=CS(=O)(=O)C1. The summed E-state index contributed by atoms with van der Waals surface area (Å²) in [6.07, 6.45) is 1.46. The van der Waals surface area contributed by atoms with Gasteiger partial charge in [-0.05, 0) is 30.3 Å². The third-order valence-electron chi connectivity index (χ3n) is 2.35. The van der Waals surface area contributed by atoms with Crippen LogP contribution < -0.4 is 10.6 Å². The topological polar surface area (TPSA) is 75.3 Å². The Morgan fingerprint density at radius 1 is 1.28 bits per heavy atom. The van der Waals surface area contributed by atoms with Crippen molar-refractivity contribution in [1.82, 2.24) is 5.32 Å². The smallest absolute Gasteiger partial charge is 0.319 e. The summed E-state index contributed by atoms with van der Waals surface area (Å²) in [6.45, 7) is 0. The fourth-order valence-corrected chi connectivity index (χ4v) is 2.90. The summed E-state index contributed by atoms with van der Waals surface area (Å²) in [5, 5.41) is 6.82. The zero-order chi connectivity index (χ0) is 13.2. The molecule has 1 aromatic rings. The van der Waals surface area contributed by atoms with E-state index in [2.05, 4.69) is 10.6 Å². The lowest BCUT2D eigenvalue weighted by Crippen LogP contribution is -2.38. The molecule has 0 spiro atoms. The molecule has 2 N–H and O–H groups in total. The summed E-state index contributed by atoms with van der Waals surface area (Å²) in [6, 6.07) is 5.67. The van der Waals surface area contributed by atoms with Crippen molar-refractivity contribution in [1.29, 1.82) is 0 Å². The Bertz CT molecular complexity index is 581. The summed E-state index contributed by atoms with van der Waals surface area (Å²) in [7, 11) is -3.16. The highest BCUT2D eigenvalue weighted by Crippen LogP contribution is 2.13. The normalized spacial score (nSPS) is 20.6. The van der Waals surface area contributed by atoms with Crippen molar-refractivity contribution >= 4 is 33.2 Å². The molecule has 18 heavy (non-hydrogen) atoms. The third-order valence-corrected chi connectivity index (χ3v) is 4.00. The minimum atomic E-state index is -3.16. The zero-order valence-electron chi connectivity index (χ0n) is 9.26. The second kappa shape index (κ2) is 4.99. The average Bonchev–Trinajstić information content (AvgIpc) is 2.61. The Labute approximate surface area is 110 Å². The Morgan fingerprint density at radius 2 is 1.94 bits per heavy atom. The van der Waals surface area contributed by atoms with Gasteiger partial charge in [0, 0.05) is 16.1 Å². The number of amides is 2. The van der Waals surface area contributed by atoms with E-state index in [1.807, 2.05) is 0 Å². The van der Waals surface area contributed by atoms with Gasteiger partial charge in [-0.25, -0.2) is 13.2 Å². The molecule has 1 aliphatic rings. The number of carbonyl (C=O) groups excluding carboxylic acids is 1. The van der Waals surface area contributed by atoms with Crippen LogP contribution in [-0.4, -0.2) is 26.2 Å². The molecule has 0 radical (unpaired) electrons. The molecular formula is C11H11ClN2O3S. The number of sulfone groups is 1. The lowest BCUT2D eigenvalue weighted by Gasteiger charge is -2.11. The lowest BCUT2D eigenvalue weighted by atomic mass is 10.3. The number of nitrogens with one attached hydrogen (secondary N) is 2. The largest absolute Gasteiger partial charge is 0.331 e. The number of urea groups is 1. The Balaban J connectivity index is 1.90. The average molecular weight is 287 g/mol. The highest BCUT2D eigenvalue weighted by Gasteiger charge is 2.22. The van der Waals surface area contributed by atoms with Gasteiger partial charge in [-0.3, -0.25) is 0 Å². The van der Waals surface area contributed by atoms with Crippen molar-refractivity contribution in [3.8, 4) is 0 Å². The van der Waals surface area contributed by atoms with E-state index in [0.29, 0.717) is 10.7 Å². The number of hydrogen-bond acceptors (Lipinski definition) is 3. The van der Waals surface area contributed by atoms with Crippen molar-refractivity contribution in [3.05, 3.63) is 40.8 Å². The molecule has 1 aromatic carbocycles. The van der Waals surface area contributed by atoms with E-state index >= 15 is 0 Å². The molecule has 0 unspecified atom stereocenters. The van der Waals surface area contributed by atoms with Crippen LogP contribution in [0.2, 0.25) is 5.02 Å². The van der Waals surface area contributed by atoms with Crippen LogP contribution in [0.5, 0.6) is 0 Å². The molecule has 0 fully saturated rings. The van der Waals surface area contributed by atoms with Crippen molar-refractivity contribution in [2.75, 3.05) is 11.1 Å². The Morgan fingerprint density at radius 3 is 2.50 bits per heavy atom. The van der Waals surface area contributed by atoms with Gasteiger partial charge in [0.2, 0.25) is 0 Å². The summed E-state index contributed by atoms with van der Waals surface area (Å²) in [5.74, 6) is -0.0962. The number of benzene rings is 1. The molecule has 5 nitrogen and oxygen atoms in total. The van der Waals surface area contributed by atoms with Crippen molar-refractivity contribution < 1.29 is 13.2 Å². The van der Waals surface area contributed by atoms with E-state index in [0.717, 1.165) is 5.41 Å². The van der Waals surface area contributed by atoms with Gasteiger partial charge in [0.25, 0.3) is 0 Å².